The summed E-state index contributed by atoms with van der Waals surface area (Å²) in [4.78, 5) is 27.1. The van der Waals surface area contributed by atoms with E-state index in [1.54, 1.807) is 24.0 Å². The Labute approximate surface area is 176 Å². The average Bonchev–Trinajstić information content (AvgIpc) is 2.71. The molecule has 29 heavy (non-hydrogen) atoms. The SMILES string of the molecule is CCCNC(=O)[C@@H](C)N(Cc1cccc(C)c1)C(=O)CSCc1ccc(F)cc1. The molecule has 0 saturated heterocycles. The molecule has 2 aromatic rings. The van der Waals surface area contributed by atoms with Crippen molar-refractivity contribution in [2.75, 3.05) is 12.3 Å². The zero-order chi connectivity index (χ0) is 21.2. The van der Waals surface area contributed by atoms with E-state index in [2.05, 4.69) is 5.32 Å². The van der Waals surface area contributed by atoms with Crippen molar-refractivity contribution < 1.29 is 14.0 Å². The van der Waals surface area contributed by atoms with Crippen molar-refractivity contribution in [2.24, 2.45) is 0 Å². The van der Waals surface area contributed by atoms with Gasteiger partial charge < -0.3 is 10.2 Å². The molecule has 1 N–H and O–H groups in total. The number of amides is 2. The lowest BCUT2D eigenvalue weighted by atomic mass is 10.1. The molecule has 0 heterocycles. The van der Waals surface area contributed by atoms with Crippen LogP contribution in [0, 0.1) is 12.7 Å². The molecule has 0 aromatic heterocycles. The molecular weight excluding hydrogens is 387 g/mol. The number of carbonyl (C=O) groups excluding carboxylic acids is 2. The van der Waals surface area contributed by atoms with E-state index in [1.165, 1.54) is 23.9 Å². The van der Waals surface area contributed by atoms with Crippen LogP contribution in [0.25, 0.3) is 0 Å². The van der Waals surface area contributed by atoms with Crippen molar-refractivity contribution in [1.82, 2.24) is 10.2 Å². The summed E-state index contributed by atoms with van der Waals surface area (Å²) < 4.78 is 13.0. The van der Waals surface area contributed by atoms with Gasteiger partial charge in [-0.1, -0.05) is 48.9 Å². The van der Waals surface area contributed by atoms with Gasteiger partial charge in [0.1, 0.15) is 11.9 Å². The summed E-state index contributed by atoms with van der Waals surface area (Å²) in [6.45, 7) is 6.74. The van der Waals surface area contributed by atoms with Crippen LogP contribution in [0.2, 0.25) is 0 Å². The largest absolute Gasteiger partial charge is 0.354 e. The molecule has 0 radical (unpaired) electrons. The minimum atomic E-state index is -0.555. The van der Waals surface area contributed by atoms with Crippen molar-refractivity contribution in [1.29, 1.82) is 0 Å². The van der Waals surface area contributed by atoms with E-state index in [0.29, 0.717) is 18.8 Å². The van der Waals surface area contributed by atoms with Gasteiger partial charge in [-0.25, -0.2) is 4.39 Å². The molecule has 0 fully saturated rings. The van der Waals surface area contributed by atoms with Crippen LogP contribution in [0.15, 0.2) is 48.5 Å². The van der Waals surface area contributed by atoms with Gasteiger partial charge in [0.05, 0.1) is 5.75 Å². The molecule has 4 nitrogen and oxygen atoms in total. The van der Waals surface area contributed by atoms with E-state index in [0.717, 1.165) is 23.1 Å². The third-order valence-corrected chi connectivity index (χ3v) is 5.55. The van der Waals surface area contributed by atoms with E-state index in [9.17, 15) is 14.0 Å². The second-order valence-electron chi connectivity index (χ2n) is 7.10. The molecule has 156 valence electrons. The second-order valence-corrected chi connectivity index (χ2v) is 8.08. The predicted molar refractivity (Wildman–Crippen MR) is 117 cm³/mol. The van der Waals surface area contributed by atoms with Crippen molar-refractivity contribution in [2.45, 2.75) is 45.5 Å². The van der Waals surface area contributed by atoms with E-state index in [4.69, 9.17) is 0 Å². The van der Waals surface area contributed by atoms with Crippen molar-refractivity contribution in [3.63, 3.8) is 0 Å². The molecule has 6 heteroatoms. The predicted octanol–water partition coefficient (Wildman–Crippen LogP) is 4.31. The van der Waals surface area contributed by atoms with Crippen LogP contribution in [0.4, 0.5) is 4.39 Å². The van der Waals surface area contributed by atoms with Gasteiger partial charge in [-0.2, -0.15) is 0 Å². The van der Waals surface area contributed by atoms with Crippen LogP contribution in [-0.4, -0.2) is 35.1 Å². The normalized spacial score (nSPS) is 11.7. The summed E-state index contributed by atoms with van der Waals surface area (Å²) in [5.41, 5.74) is 3.07. The Bertz CT molecular complexity index is 811. The standard InChI is InChI=1S/C23H29FN2O2S/c1-4-12-25-23(28)18(3)26(14-20-7-5-6-17(2)13-20)22(27)16-29-15-19-8-10-21(24)11-9-19/h5-11,13,18H,4,12,14-16H2,1-3H3,(H,25,28)/t18-/m1/s1. The molecule has 2 aromatic carbocycles. The lowest BCUT2D eigenvalue weighted by Gasteiger charge is -2.29. The fraction of sp³-hybridized carbons (Fsp3) is 0.391. The number of hydrogen-bond acceptors (Lipinski definition) is 3. The number of rotatable bonds is 10. The average molecular weight is 417 g/mol. The summed E-state index contributed by atoms with van der Waals surface area (Å²) in [5, 5.41) is 2.88. The van der Waals surface area contributed by atoms with Gasteiger partial charge in [-0.15, -0.1) is 11.8 Å². The number of nitrogens with one attached hydrogen (secondary N) is 1. The lowest BCUT2D eigenvalue weighted by Crippen LogP contribution is -2.48. The van der Waals surface area contributed by atoms with Crippen molar-refractivity contribution in [3.8, 4) is 0 Å². The maximum atomic E-state index is 13.0. The molecule has 0 saturated carbocycles. The number of aryl methyl sites for hydroxylation is 1. The summed E-state index contributed by atoms with van der Waals surface area (Å²) in [6.07, 6.45) is 0.845. The third kappa shape index (κ3) is 7.54. The van der Waals surface area contributed by atoms with Crippen LogP contribution in [0.5, 0.6) is 0 Å². The third-order valence-electron chi connectivity index (χ3n) is 4.56. The molecule has 0 bridgehead atoms. The first kappa shape index (κ1) is 22.9. The Morgan fingerprint density at radius 2 is 1.86 bits per heavy atom. The highest BCUT2D eigenvalue weighted by Gasteiger charge is 2.25. The first-order valence-corrected chi connectivity index (χ1v) is 11.0. The quantitative estimate of drug-likeness (QED) is 0.628. The second kappa shape index (κ2) is 11.6. The van der Waals surface area contributed by atoms with Crippen LogP contribution >= 0.6 is 11.8 Å². The highest BCUT2D eigenvalue weighted by atomic mass is 32.2. The molecular formula is C23H29FN2O2S. The smallest absolute Gasteiger partial charge is 0.242 e. The Morgan fingerprint density at radius 1 is 1.14 bits per heavy atom. The molecule has 0 aliphatic carbocycles. The maximum Gasteiger partial charge on any atom is 0.242 e. The van der Waals surface area contributed by atoms with E-state index >= 15 is 0 Å². The molecule has 0 spiro atoms. The summed E-state index contributed by atoms with van der Waals surface area (Å²) in [6, 6.07) is 13.7. The summed E-state index contributed by atoms with van der Waals surface area (Å²) in [7, 11) is 0. The van der Waals surface area contributed by atoms with Gasteiger partial charge in [-0.05, 0) is 43.5 Å². The number of nitrogens with zero attached hydrogens (tertiary/aromatic N) is 1. The number of thioether (sulfide) groups is 1. The summed E-state index contributed by atoms with van der Waals surface area (Å²) >= 11 is 1.46. The first-order chi connectivity index (χ1) is 13.9. The Balaban J connectivity index is 2.04. The maximum absolute atomic E-state index is 13.0. The van der Waals surface area contributed by atoms with E-state index in [1.807, 2.05) is 38.1 Å². The fourth-order valence-corrected chi connectivity index (χ4v) is 3.78. The van der Waals surface area contributed by atoms with Crippen LogP contribution in [0.3, 0.4) is 0 Å². The van der Waals surface area contributed by atoms with Crippen LogP contribution in [0.1, 0.15) is 37.0 Å². The van der Waals surface area contributed by atoms with Gasteiger partial charge in [0, 0.05) is 18.8 Å². The van der Waals surface area contributed by atoms with Gasteiger partial charge in [0.2, 0.25) is 11.8 Å². The zero-order valence-electron chi connectivity index (χ0n) is 17.3. The monoisotopic (exact) mass is 416 g/mol. The molecule has 0 unspecified atom stereocenters. The summed E-state index contributed by atoms with van der Waals surface area (Å²) in [5.74, 6) is 0.371. The Hall–Kier alpha value is -2.34. The van der Waals surface area contributed by atoms with Crippen LogP contribution < -0.4 is 5.32 Å². The number of halogens is 1. The fourth-order valence-electron chi connectivity index (χ4n) is 2.91. The zero-order valence-corrected chi connectivity index (χ0v) is 18.1. The van der Waals surface area contributed by atoms with Crippen molar-refractivity contribution in [3.05, 3.63) is 71.0 Å². The number of carbonyl (C=O) groups is 2. The molecule has 0 aliphatic rings. The van der Waals surface area contributed by atoms with Gasteiger partial charge in [0.15, 0.2) is 0 Å². The van der Waals surface area contributed by atoms with Crippen LogP contribution in [-0.2, 0) is 21.9 Å². The molecule has 1 atom stereocenters. The highest BCUT2D eigenvalue weighted by Crippen LogP contribution is 2.17. The Kier molecular flexibility index (Phi) is 9.19. The minimum absolute atomic E-state index is 0.0854. The van der Waals surface area contributed by atoms with Gasteiger partial charge >= 0.3 is 0 Å². The van der Waals surface area contributed by atoms with Crippen molar-refractivity contribution >= 4 is 23.6 Å². The van der Waals surface area contributed by atoms with Gasteiger partial charge in [0.25, 0.3) is 0 Å². The topological polar surface area (TPSA) is 49.4 Å². The minimum Gasteiger partial charge on any atom is -0.354 e. The molecule has 2 amide bonds. The number of benzene rings is 2. The Morgan fingerprint density at radius 3 is 2.52 bits per heavy atom. The first-order valence-electron chi connectivity index (χ1n) is 9.85. The molecule has 2 rings (SSSR count). The highest BCUT2D eigenvalue weighted by molar-refractivity contribution is 7.99. The molecule has 0 aliphatic heterocycles. The van der Waals surface area contributed by atoms with Gasteiger partial charge in [-0.3, -0.25) is 9.59 Å². The van der Waals surface area contributed by atoms with E-state index in [-0.39, 0.29) is 23.4 Å². The van der Waals surface area contributed by atoms with E-state index < -0.39 is 6.04 Å². The number of hydrogen-bond donors (Lipinski definition) is 1. The lowest BCUT2D eigenvalue weighted by molar-refractivity contribution is -0.138.